The predicted octanol–water partition coefficient (Wildman–Crippen LogP) is 0.625. The number of rotatable bonds is 1. The molecule has 76 valence electrons. The van der Waals surface area contributed by atoms with Gasteiger partial charge in [-0.2, -0.15) is 0 Å². The van der Waals surface area contributed by atoms with Crippen molar-refractivity contribution in [3.63, 3.8) is 0 Å². The van der Waals surface area contributed by atoms with E-state index in [0.29, 0.717) is 12.2 Å². The highest BCUT2D eigenvalue weighted by Gasteiger charge is 2.18. The summed E-state index contributed by atoms with van der Waals surface area (Å²) in [5.74, 6) is 0.901. The summed E-state index contributed by atoms with van der Waals surface area (Å²) in [7, 11) is 0. The number of piperidine rings is 1. The summed E-state index contributed by atoms with van der Waals surface area (Å²) in [5, 5.41) is 9.50. The Labute approximate surface area is 83.4 Å². The molecule has 0 spiro atoms. The maximum Gasteiger partial charge on any atom is 0.128 e. The molecule has 4 nitrogen and oxygen atoms in total. The highest BCUT2D eigenvalue weighted by molar-refractivity contribution is 5.46. The van der Waals surface area contributed by atoms with Gasteiger partial charge in [0.2, 0.25) is 0 Å². The molecule has 0 aliphatic carbocycles. The summed E-state index contributed by atoms with van der Waals surface area (Å²) in [6, 6.07) is 3.73. The molecular formula is C10H15N3O. The van der Waals surface area contributed by atoms with Gasteiger partial charge in [0.25, 0.3) is 0 Å². The third-order valence-corrected chi connectivity index (χ3v) is 2.49. The van der Waals surface area contributed by atoms with Crippen molar-refractivity contribution >= 4 is 11.5 Å². The molecule has 0 bridgehead atoms. The highest BCUT2D eigenvalue weighted by atomic mass is 16.3. The molecule has 0 unspecified atom stereocenters. The molecule has 1 aromatic rings. The van der Waals surface area contributed by atoms with E-state index in [-0.39, 0.29) is 6.10 Å². The number of aromatic nitrogens is 1. The van der Waals surface area contributed by atoms with Gasteiger partial charge in [-0.3, -0.25) is 0 Å². The summed E-state index contributed by atoms with van der Waals surface area (Å²) in [5.41, 5.74) is 6.23. The molecule has 4 heteroatoms. The van der Waals surface area contributed by atoms with Gasteiger partial charge in [-0.25, -0.2) is 4.98 Å². The second-order valence-electron chi connectivity index (χ2n) is 3.69. The van der Waals surface area contributed by atoms with Crippen LogP contribution >= 0.6 is 0 Å². The Bertz CT molecular complexity index is 299. The zero-order valence-electron chi connectivity index (χ0n) is 8.06. The molecule has 2 rings (SSSR count). The SMILES string of the molecule is Nc1ccc(N2CCC[C@H](O)C2)nc1. The molecule has 1 fully saturated rings. The smallest absolute Gasteiger partial charge is 0.128 e. The van der Waals surface area contributed by atoms with Crippen LogP contribution in [-0.2, 0) is 0 Å². The largest absolute Gasteiger partial charge is 0.397 e. The number of hydrogen-bond donors (Lipinski definition) is 2. The zero-order chi connectivity index (χ0) is 9.97. The molecule has 0 radical (unpaired) electrons. The lowest BCUT2D eigenvalue weighted by Gasteiger charge is -2.30. The standard InChI is InChI=1S/C10H15N3O/c11-8-3-4-10(12-6-8)13-5-1-2-9(14)7-13/h3-4,6,9,14H,1-2,5,7,11H2/t9-/m0/s1. The minimum atomic E-state index is -0.219. The van der Waals surface area contributed by atoms with Crippen LogP contribution in [0.4, 0.5) is 11.5 Å². The molecule has 3 N–H and O–H groups in total. The number of pyridine rings is 1. The van der Waals surface area contributed by atoms with Crippen LogP contribution < -0.4 is 10.6 Å². The lowest BCUT2D eigenvalue weighted by molar-refractivity contribution is 0.154. The molecule has 1 aromatic heterocycles. The van der Waals surface area contributed by atoms with E-state index in [4.69, 9.17) is 5.73 Å². The molecule has 2 heterocycles. The van der Waals surface area contributed by atoms with Gasteiger partial charge in [-0.1, -0.05) is 0 Å². The molecule has 1 aliphatic rings. The van der Waals surface area contributed by atoms with E-state index >= 15 is 0 Å². The molecule has 1 saturated heterocycles. The summed E-state index contributed by atoms with van der Waals surface area (Å²) < 4.78 is 0. The van der Waals surface area contributed by atoms with Gasteiger partial charge in [0.1, 0.15) is 5.82 Å². The molecule has 0 amide bonds. The van der Waals surface area contributed by atoms with Crippen molar-refractivity contribution in [2.24, 2.45) is 0 Å². The van der Waals surface area contributed by atoms with Crippen molar-refractivity contribution in [2.75, 3.05) is 23.7 Å². The van der Waals surface area contributed by atoms with Gasteiger partial charge in [0.05, 0.1) is 18.0 Å². The second kappa shape index (κ2) is 3.84. The number of nitrogen functional groups attached to an aromatic ring is 1. The monoisotopic (exact) mass is 193 g/mol. The lowest BCUT2D eigenvalue weighted by Crippen LogP contribution is -2.38. The fraction of sp³-hybridized carbons (Fsp3) is 0.500. The van der Waals surface area contributed by atoms with Crippen molar-refractivity contribution in [2.45, 2.75) is 18.9 Å². The number of aliphatic hydroxyl groups excluding tert-OH is 1. The Morgan fingerprint density at radius 3 is 3.00 bits per heavy atom. The van der Waals surface area contributed by atoms with Gasteiger partial charge >= 0.3 is 0 Å². The van der Waals surface area contributed by atoms with Crippen LogP contribution in [-0.4, -0.2) is 29.3 Å². The zero-order valence-corrected chi connectivity index (χ0v) is 8.06. The first kappa shape index (κ1) is 9.27. The van der Waals surface area contributed by atoms with Crippen LogP contribution in [0.5, 0.6) is 0 Å². The maximum atomic E-state index is 9.50. The Hall–Kier alpha value is -1.29. The second-order valence-corrected chi connectivity index (χ2v) is 3.69. The van der Waals surface area contributed by atoms with E-state index in [2.05, 4.69) is 9.88 Å². The minimum Gasteiger partial charge on any atom is -0.397 e. The fourth-order valence-electron chi connectivity index (χ4n) is 1.75. The Morgan fingerprint density at radius 2 is 2.36 bits per heavy atom. The van der Waals surface area contributed by atoms with E-state index in [1.807, 2.05) is 12.1 Å². The molecular weight excluding hydrogens is 178 g/mol. The van der Waals surface area contributed by atoms with Crippen LogP contribution in [0, 0.1) is 0 Å². The third kappa shape index (κ3) is 1.96. The van der Waals surface area contributed by atoms with Gasteiger partial charge in [0.15, 0.2) is 0 Å². The average molecular weight is 193 g/mol. The lowest BCUT2D eigenvalue weighted by atomic mass is 10.1. The van der Waals surface area contributed by atoms with Gasteiger partial charge in [0, 0.05) is 13.1 Å². The van der Waals surface area contributed by atoms with Crippen molar-refractivity contribution < 1.29 is 5.11 Å². The molecule has 1 aliphatic heterocycles. The first-order chi connectivity index (χ1) is 6.75. The molecule has 0 aromatic carbocycles. The van der Waals surface area contributed by atoms with Crippen LogP contribution in [0.1, 0.15) is 12.8 Å². The number of aliphatic hydroxyl groups is 1. The number of nitrogens with zero attached hydrogens (tertiary/aromatic N) is 2. The van der Waals surface area contributed by atoms with Crippen LogP contribution in [0.15, 0.2) is 18.3 Å². The number of anilines is 2. The third-order valence-electron chi connectivity index (χ3n) is 2.49. The first-order valence-corrected chi connectivity index (χ1v) is 4.90. The van der Waals surface area contributed by atoms with E-state index in [0.717, 1.165) is 25.2 Å². The van der Waals surface area contributed by atoms with Crippen LogP contribution in [0.25, 0.3) is 0 Å². The van der Waals surface area contributed by atoms with Crippen molar-refractivity contribution in [1.82, 2.24) is 4.98 Å². The molecule has 1 atom stereocenters. The van der Waals surface area contributed by atoms with Gasteiger partial charge < -0.3 is 15.7 Å². The predicted molar refractivity (Wildman–Crippen MR) is 56.1 cm³/mol. The van der Waals surface area contributed by atoms with Crippen molar-refractivity contribution in [3.8, 4) is 0 Å². The summed E-state index contributed by atoms with van der Waals surface area (Å²) in [6.45, 7) is 1.64. The molecule has 14 heavy (non-hydrogen) atoms. The Balaban J connectivity index is 2.10. The van der Waals surface area contributed by atoms with Gasteiger partial charge in [-0.15, -0.1) is 0 Å². The van der Waals surface area contributed by atoms with E-state index < -0.39 is 0 Å². The summed E-state index contributed by atoms with van der Waals surface area (Å²) in [4.78, 5) is 6.32. The van der Waals surface area contributed by atoms with E-state index in [1.165, 1.54) is 0 Å². The van der Waals surface area contributed by atoms with E-state index in [9.17, 15) is 5.11 Å². The van der Waals surface area contributed by atoms with Gasteiger partial charge in [-0.05, 0) is 25.0 Å². The summed E-state index contributed by atoms with van der Waals surface area (Å²) in [6.07, 6.45) is 3.35. The Kier molecular flexibility index (Phi) is 2.54. The average Bonchev–Trinajstić information content (AvgIpc) is 2.19. The first-order valence-electron chi connectivity index (χ1n) is 4.90. The van der Waals surface area contributed by atoms with Crippen molar-refractivity contribution in [1.29, 1.82) is 0 Å². The van der Waals surface area contributed by atoms with Crippen molar-refractivity contribution in [3.05, 3.63) is 18.3 Å². The number of hydrogen-bond acceptors (Lipinski definition) is 4. The van der Waals surface area contributed by atoms with Crippen LogP contribution in [0.2, 0.25) is 0 Å². The van der Waals surface area contributed by atoms with E-state index in [1.54, 1.807) is 6.20 Å². The van der Waals surface area contributed by atoms with Crippen LogP contribution in [0.3, 0.4) is 0 Å². The fourth-order valence-corrected chi connectivity index (χ4v) is 1.75. The number of β-amino-alcohol motifs (C(OH)–C–C–N with tert-alkyl or cyclic N) is 1. The Morgan fingerprint density at radius 1 is 1.50 bits per heavy atom. The minimum absolute atomic E-state index is 0.219. The maximum absolute atomic E-state index is 9.50. The summed E-state index contributed by atoms with van der Waals surface area (Å²) >= 11 is 0. The highest BCUT2D eigenvalue weighted by Crippen LogP contribution is 2.18. The number of nitrogens with two attached hydrogens (primary N) is 1. The quantitative estimate of drug-likeness (QED) is 0.686. The molecule has 0 saturated carbocycles. The topological polar surface area (TPSA) is 62.4 Å². The normalized spacial score (nSPS) is 22.4.